The first-order chi connectivity index (χ1) is 11.5. The van der Waals surface area contributed by atoms with Gasteiger partial charge in [0.1, 0.15) is 5.17 Å². The Morgan fingerprint density at radius 2 is 1.72 bits per heavy atom. The molecule has 3 rings (SSSR count). The van der Waals surface area contributed by atoms with Gasteiger partial charge in [-0.3, -0.25) is 9.98 Å². The molecule has 5 heteroatoms. The number of aliphatic imine (C=N–C) groups is 1. The predicted molar refractivity (Wildman–Crippen MR) is 118 cm³/mol. The minimum Gasteiger partial charge on any atom is -0.276 e. The number of nitrogens with zero attached hydrogens (tertiary/aromatic N) is 2. The molecule has 0 unspecified atom stereocenters. The Morgan fingerprint density at radius 1 is 1.04 bits per heavy atom. The van der Waals surface area contributed by atoms with Gasteiger partial charge in [0.15, 0.2) is 0 Å². The van der Waals surface area contributed by atoms with Gasteiger partial charge in [0.05, 0.1) is 0 Å². The smallest absolute Gasteiger partial charge is 0.130 e. The van der Waals surface area contributed by atoms with Crippen LogP contribution in [-0.2, 0) is 6.42 Å². The van der Waals surface area contributed by atoms with E-state index in [2.05, 4.69) is 60.9 Å². The summed E-state index contributed by atoms with van der Waals surface area (Å²) in [6.07, 6.45) is 4.62. The number of aryl methyl sites for hydroxylation is 1. The third-order valence-electron chi connectivity index (χ3n) is 3.47. The summed E-state index contributed by atoms with van der Waals surface area (Å²) < 4.78 is 2.19. The number of fused-ring (bicyclic) bond motifs is 1. The summed E-state index contributed by atoms with van der Waals surface area (Å²) in [5.41, 5.74) is 2.24. The highest BCUT2D eigenvalue weighted by atomic mass is 79.9. The van der Waals surface area contributed by atoms with Crippen LogP contribution in [0.15, 0.2) is 68.8 Å². The van der Waals surface area contributed by atoms with Crippen molar-refractivity contribution in [1.29, 1.82) is 0 Å². The Balaban J connectivity index is 0.000000243. The zero-order chi connectivity index (χ0) is 17.5. The number of pyridine rings is 1. The second-order valence-corrected chi connectivity index (χ2v) is 7.23. The van der Waals surface area contributed by atoms with Crippen molar-refractivity contribution < 1.29 is 0 Å². The van der Waals surface area contributed by atoms with Crippen LogP contribution < -0.4 is 0 Å². The molecule has 0 aliphatic heterocycles. The van der Waals surface area contributed by atoms with Gasteiger partial charge in [0.2, 0.25) is 0 Å². The van der Waals surface area contributed by atoms with Crippen molar-refractivity contribution in [3.8, 4) is 0 Å². The molecule has 1 heterocycles. The summed E-state index contributed by atoms with van der Waals surface area (Å²) in [5, 5.41) is 2.97. The van der Waals surface area contributed by atoms with E-state index in [1.54, 1.807) is 13.2 Å². The summed E-state index contributed by atoms with van der Waals surface area (Å²) in [4.78, 5) is 7.99. The van der Waals surface area contributed by atoms with Crippen LogP contribution in [0.5, 0.6) is 0 Å². The number of halogens is 3. The van der Waals surface area contributed by atoms with Crippen molar-refractivity contribution >= 4 is 59.4 Å². The molecular weight excluding hydrogens is 463 g/mol. The van der Waals surface area contributed by atoms with E-state index in [4.69, 9.17) is 11.6 Å². The Hall–Kier alpha value is -1.23. The predicted octanol–water partition coefficient (Wildman–Crippen LogP) is 7.26. The summed E-state index contributed by atoms with van der Waals surface area (Å²) in [7, 11) is 1.70. The van der Waals surface area contributed by atoms with Crippen molar-refractivity contribution in [2.75, 3.05) is 7.05 Å². The highest BCUT2D eigenvalue weighted by Gasteiger charge is 2.05. The van der Waals surface area contributed by atoms with Gasteiger partial charge >= 0.3 is 0 Å². The molecule has 0 fully saturated rings. The van der Waals surface area contributed by atoms with E-state index in [9.17, 15) is 0 Å². The quantitative estimate of drug-likeness (QED) is 0.351. The van der Waals surface area contributed by atoms with Gasteiger partial charge in [-0.15, -0.1) is 0 Å². The Kier molecular flexibility index (Phi) is 9.33. The molecule has 0 saturated carbocycles. The lowest BCUT2D eigenvalue weighted by molar-refractivity contribution is 1.13. The summed E-state index contributed by atoms with van der Waals surface area (Å²) >= 11 is 12.8. The molecule has 0 aliphatic carbocycles. The third-order valence-corrected chi connectivity index (χ3v) is 4.83. The lowest BCUT2D eigenvalue weighted by atomic mass is 10.1. The summed E-state index contributed by atoms with van der Waals surface area (Å²) in [6.45, 7) is 2.10. The van der Waals surface area contributed by atoms with Gasteiger partial charge in [-0.2, -0.15) is 0 Å². The van der Waals surface area contributed by atoms with Crippen molar-refractivity contribution in [2.24, 2.45) is 4.99 Å². The SMILES string of the molecule is Brc1ccc2cnccc2c1.C.CCc1cc(Br)ccc1C(Cl)=NC. The van der Waals surface area contributed by atoms with Crippen LogP contribution in [0.4, 0.5) is 0 Å². The Labute approximate surface area is 171 Å². The van der Waals surface area contributed by atoms with Gasteiger partial charge in [0, 0.05) is 39.3 Å². The van der Waals surface area contributed by atoms with E-state index in [-0.39, 0.29) is 7.43 Å². The van der Waals surface area contributed by atoms with Crippen molar-refractivity contribution in [3.05, 3.63) is 74.9 Å². The highest BCUT2D eigenvalue weighted by molar-refractivity contribution is 9.10. The first-order valence-corrected chi connectivity index (χ1v) is 9.42. The molecule has 3 aromatic rings. The molecule has 0 spiro atoms. The summed E-state index contributed by atoms with van der Waals surface area (Å²) in [6, 6.07) is 14.2. The van der Waals surface area contributed by atoms with Crippen LogP contribution in [0, 0.1) is 0 Å². The van der Waals surface area contributed by atoms with Crippen LogP contribution in [0.25, 0.3) is 10.8 Å². The lowest BCUT2D eigenvalue weighted by Crippen LogP contribution is -1.97. The fourth-order valence-corrected chi connectivity index (χ4v) is 3.20. The van der Waals surface area contributed by atoms with E-state index in [0.717, 1.165) is 20.9 Å². The van der Waals surface area contributed by atoms with Gasteiger partial charge in [-0.1, -0.05) is 69.9 Å². The lowest BCUT2D eigenvalue weighted by Gasteiger charge is -2.05. The molecule has 0 amide bonds. The van der Waals surface area contributed by atoms with Crippen LogP contribution in [0.1, 0.15) is 25.5 Å². The Morgan fingerprint density at radius 3 is 2.40 bits per heavy atom. The molecule has 0 radical (unpaired) electrons. The first-order valence-electron chi connectivity index (χ1n) is 7.45. The van der Waals surface area contributed by atoms with Crippen LogP contribution in [-0.4, -0.2) is 17.2 Å². The largest absolute Gasteiger partial charge is 0.276 e. The van der Waals surface area contributed by atoms with Gasteiger partial charge < -0.3 is 0 Å². The maximum atomic E-state index is 5.96. The molecule has 0 N–H and O–H groups in total. The maximum Gasteiger partial charge on any atom is 0.130 e. The minimum absolute atomic E-state index is 0. The molecular formula is C20H21Br2ClN2. The van der Waals surface area contributed by atoms with Gasteiger partial charge in [-0.25, -0.2) is 0 Å². The minimum atomic E-state index is 0. The monoisotopic (exact) mass is 482 g/mol. The normalized spacial score (nSPS) is 10.7. The van der Waals surface area contributed by atoms with Gasteiger partial charge in [-0.05, 0) is 47.7 Å². The van der Waals surface area contributed by atoms with Crippen molar-refractivity contribution in [1.82, 2.24) is 4.98 Å². The number of rotatable bonds is 2. The van der Waals surface area contributed by atoms with Crippen LogP contribution >= 0.6 is 43.5 Å². The first kappa shape index (κ1) is 21.8. The fraction of sp³-hybridized carbons (Fsp3) is 0.200. The van der Waals surface area contributed by atoms with E-state index in [1.165, 1.54) is 16.3 Å². The molecule has 0 atom stereocenters. The molecule has 0 bridgehead atoms. The molecule has 0 aliphatic rings. The number of hydrogen-bond acceptors (Lipinski definition) is 2. The molecule has 25 heavy (non-hydrogen) atoms. The second-order valence-electron chi connectivity index (χ2n) is 5.04. The number of benzene rings is 2. The van der Waals surface area contributed by atoms with E-state index >= 15 is 0 Å². The van der Waals surface area contributed by atoms with E-state index < -0.39 is 0 Å². The molecule has 2 nitrogen and oxygen atoms in total. The molecule has 0 saturated heterocycles. The maximum absolute atomic E-state index is 5.96. The Bertz CT molecular complexity index is 863. The highest BCUT2D eigenvalue weighted by Crippen LogP contribution is 2.19. The zero-order valence-electron chi connectivity index (χ0n) is 13.4. The second kappa shape index (κ2) is 10.7. The zero-order valence-corrected chi connectivity index (χ0v) is 17.4. The fourth-order valence-electron chi connectivity index (χ4n) is 2.23. The number of hydrogen-bond donors (Lipinski definition) is 0. The van der Waals surface area contributed by atoms with Crippen molar-refractivity contribution in [3.63, 3.8) is 0 Å². The van der Waals surface area contributed by atoms with Crippen LogP contribution in [0.2, 0.25) is 0 Å². The summed E-state index contributed by atoms with van der Waals surface area (Å²) in [5.74, 6) is 0. The standard InChI is InChI=1S/C10H11BrClN.C9H6BrN.CH4/c1-3-7-6-8(11)4-5-9(7)10(12)13-2;10-9-2-1-8-6-11-4-3-7(8)5-9;/h4-6H,3H2,1-2H3;1-6H;1H4. The van der Waals surface area contributed by atoms with Crippen LogP contribution in [0.3, 0.4) is 0 Å². The molecule has 2 aromatic carbocycles. The van der Waals surface area contributed by atoms with Crippen molar-refractivity contribution in [2.45, 2.75) is 20.8 Å². The van der Waals surface area contributed by atoms with Gasteiger partial charge in [0.25, 0.3) is 0 Å². The molecule has 132 valence electrons. The average molecular weight is 485 g/mol. The number of aromatic nitrogens is 1. The van der Waals surface area contributed by atoms with E-state index in [1.807, 2.05) is 36.5 Å². The van der Waals surface area contributed by atoms with E-state index in [0.29, 0.717) is 5.17 Å². The molecule has 1 aromatic heterocycles. The topological polar surface area (TPSA) is 25.2 Å². The third kappa shape index (κ3) is 6.21. The average Bonchev–Trinajstić information content (AvgIpc) is 2.61.